The van der Waals surface area contributed by atoms with Crippen LogP contribution in [0.1, 0.15) is 0 Å². The Morgan fingerprint density at radius 3 is 1.36 bits per heavy atom. The van der Waals surface area contributed by atoms with Crippen molar-refractivity contribution in [1.29, 1.82) is 0 Å². The van der Waals surface area contributed by atoms with Gasteiger partial charge in [0.25, 0.3) is 0 Å². The van der Waals surface area contributed by atoms with E-state index < -0.39 is 0 Å². The quantitative estimate of drug-likeness (QED) is 0.485. The summed E-state index contributed by atoms with van der Waals surface area (Å²) in [6, 6.07) is 24.8. The van der Waals surface area contributed by atoms with Crippen molar-refractivity contribution in [3.63, 3.8) is 0 Å². The van der Waals surface area contributed by atoms with Crippen molar-refractivity contribution in [1.82, 2.24) is 9.97 Å². The largest absolute Gasteiger partial charge is 0.388 e. The maximum absolute atomic E-state index is 4.62. The first kappa shape index (κ1) is 17.7. The second-order valence-corrected chi connectivity index (χ2v) is 6.53. The van der Waals surface area contributed by atoms with Gasteiger partial charge in [-0.05, 0) is 47.5 Å². The molecule has 2 aromatic carbocycles. The van der Waals surface area contributed by atoms with Crippen LogP contribution in [0.25, 0.3) is 33.6 Å². The third kappa shape index (κ3) is 3.71. The SMILES string of the molecule is CNc1cccc(-c2ccc(-c3ccc(-c4cccc(NC)c4)cn3)nc2)c1. The average Bonchev–Trinajstić information content (AvgIpc) is 2.79. The Hall–Kier alpha value is -3.66. The molecule has 0 saturated carbocycles. The number of hydrogen-bond acceptors (Lipinski definition) is 4. The van der Waals surface area contributed by atoms with Gasteiger partial charge in [-0.25, -0.2) is 0 Å². The fourth-order valence-electron chi connectivity index (χ4n) is 3.14. The van der Waals surface area contributed by atoms with Gasteiger partial charge in [-0.2, -0.15) is 0 Å². The van der Waals surface area contributed by atoms with Gasteiger partial charge >= 0.3 is 0 Å². The smallest absolute Gasteiger partial charge is 0.0886 e. The van der Waals surface area contributed by atoms with E-state index in [1.807, 2.05) is 62.9 Å². The summed E-state index contributed by atoms with van der Waals surface area (Å²) in [5.74, 6) is 0. The molecule has 0 bridgehead atoms. The molecule has 2 aromatic heterocycles. The van der Waals surface area contributed by atoms with Crippen molar-refractivity contribution in [2.75, 3.05) is 24.7 Å². The molecule has 0 fully saturated rings. The number of pyridine rings is 2. The molecular formula is C24H22N4. The molecule has 4 nitrogen and oxygen atoms in total. The second kappa shape index (κ2) is 7.92. The topological polar surface area (TPSA) is 49.8 Å². The first-order valence-corrected chi connectivity index (χ1v) is 9.26. The van der Waals surface area contributed by atoms with E-state index >= 15 is 0 Å². The highest BCUT2D eigenvalue weighted by Crippen LogP contribution is 2.26. The molecule has 0 atom stereocenters. The molecule has 0 aliphatic carbocycles. The molecule has 0 radical (unpaired) electrons. The zero-order valence-electron chi connectivity index (χ0n) is 16.0. The number of aromatic nitrogens is 2. The molecule has 0 unspecified atom stereocenters. The maximum atomic E-state index is 4.62. The molecule has 4 heteroatoms. The number of benzene rings is 2. The molecule has 0 amide bonds. The number of rotatable bonds is 5. The van der Waals surface area contributed by atoms with E-state index in [9.17, 15) is 0 Å². The molecule has 0 spiro atoms. The van der Waals surface area contributed by atoms with E-state index in [0.717, 1.165) is 45.0 Å². The zero-order chi connectivity index (χ0) is 19.3. The van der Waals surface area contributed by atoms with Crippen LogP contribution in [0.4, 0.5) is 11.4 Å². The number of anilines is 2. The van der Waals surface area contributed by atoms with E-state index in [1.54, 1.807) is 0 Å². The highest BCUT2D eigenvalue weighted by atomic mass is 14.8. The number of nitrogens with zero attached hydrogens (tertiary/aromatic N) is 2. The second-order valence-electron chi connectivity index (χ2n) is 6.53. The van der Waals surface area contributed by atoms with Crippen molar-refractivity contribution in [2.24, 2.45) is 0 Å². The van der Waals surface area contributed by atoms with Crippen LogP contribution in [0.3, 0.4) is 0 Å². The first-order valence-electron chi connectivity index (χ1n) is 9.26. The van der Waals surface area contributed by atoms with Crippen molar-refractivity contribution in [3.8, 4) is 33.6 Å². The monoisotopic (exact) mass is 366 g/mol. The van der Waals surface area contributed by atoms with E-state index in [0.29, 0.717) is 0 Å². The van der Waals surface area contributed by atoms with Crippen LogP contribution in [0.15, 0.2) is 85.2 Å². The molecular weight excluding hydrogens is 344 g/mol. The van der Waals surface area contributed by atoms with Gasteiger partial charge in [-0.1, -0.05) is 36.4 Å². The Morgan fingerprint density at radius 2 is 1.00 bits per heavy atom. The van der Waals surface area contributed by atoms with Crippen molar-refractivity contribution >= 4 is 11.4 Å². The minimum absolute atomic E-state index is 0.865. The third-order valence-corrected chi connectivity index (χ3v) is 4.76. The Bertz CT molecular complexity index is 981. The van der Waals surface area contributed by atoms with Gasteiger partial charge in [0.2, 0.25) is 0 Å². The summed E-state index contributed by atoms with van der Waals surface area (Å²) in [6.45, 7) is 0. The van der Waals surface area contributed by atoms with Crippen LogP contribution in [0.5, 0.6) is 0 Å². The summed E-state index contributed by atoms with van der Waals surface area (Å²) in [6.07, 6.45) is 3.80. The fourth-order valence-corrected chi connectivity index (χ4v) is 3.14. The van der Waals surface area contributed by atoms with Crippen LogP contribution in [-0.4, -0.2) is 24.1 Å². The lowest BCUT2D eigenvalue weighted by Crippen LogP contribution is -1.91. The lowest BCUT2D eigenvalue weighted by Gasteiger charge is -2.07. The van der Waals surface area contributed by atoms with E-state index in [-0.39, 0.29) is 0 Å². The Kier molecular flexibility index (Phi) is 5.02. The Balaban J connectivity index is 1.57. The minimum atomic E-state index is 0.865. The molecule has 0 aliphatic heterocycles. The van der Waals surface area contributed by atoms with E-state index in [1.165, 1.54) is 0 Å². The molecule has 4 rings (SSSR count). The van der Waals surface area contributed by atoms with Crippen LogP contribution in [0, 0.1) is 0 Å². The van der Waals surface area contributed by atoms with E-state index in [2.05, 4.69) is 57.0 Å². The zero-order valence-corrected chi connectivity index (χ0v) is 16.0. The number of hydrogen-bond donors (Lipinski definition) is 2. The summed E-state index contributed by atoms with van der Waals surface area (Å²) >= 11 is 0. The molecule has 28 heavy (non-hydrogen) atoms. The molecule has 2 heterocycles. The Labute approximate surface area is 165 Å². The molecule has 138 valence electrons. The summed E-state index contributed by atoms with van der Waals surface area (Å²) in [5.41, 5.74) is 8.34. The lowest BCUT2D eigenvalue weighted by molar-refractivity contribution is 1.25. The summed E-state index contributed by atoms with van der Waals surface area (Å²) in [4.78, 5) is 9.24. The van der Waals surface area contributed by atoms with Crippen molar-refractivity contribution in [3.05, 3.63) is 85.2 Å². The average molecular weight is 366 g/mol. The third-order valence-electron chi connectivity index (χ3n) is 4.76. The highest BCUT2D eigenvalue weighted by Gasteiger charge is 2.05. The van der Waals surface area contributed by atoms with Crippen LogP contribution in [0.2, 0.25) is 0 Å². The van der Waals surface area contributed by atoms with Gasteiger partial charge in [0.05, 0.1) is 11.4 Å². The normalized spacial score (nSPS) is 10.5. The predicted octanol–water partition coefficient (Wildman–Crippen LogP) is 5.56. The Morgan fingerprint density at radius 1 is 0.536 bits per heavy atom. The van der Waals surface area contributed by atoms with Crippen LogP contribution >= 0.6 is 0 Å². The highest BCUT2D eigenvalue weighted by molar-refractivity contribution is 5.71. The van der Waals surface area contributed by atoms with E-state index in [4.69, 9.17) is 0 Å². The maximum Gasteiger partial charge on any atom is 0.0886 e. The van der Waals surface area contributed by atoms with Crippen molar-refractivity contribution in [2.45, 2.75) is 0 Å². The van der Waals surface area contributed by atoms with Gasteiger partial charge in [0.1, 0.15) is 0 Å². The molecule has 0 aliphatic rings. The number of nitrogens with one attached hydrogen (secondary N) is 2. The molecule has 4 aromatic rings. The fraction of sp³-hybridized carbons (Fsp3) is 0.0833. The van der Waals surface area contributed by atoms with Gasteiger partial charge in [0.15, 0.2) is 0 Å². The molecule has 2 N–H and O–H groups in total. The predicted molar refractivity (Wildman–Crippen MR) is 117 cm³/mol. The minimum Gasteiger partial charge on any atom is -0.388 e. The van der Waals surface area contributed by atoms with Crippen molar-refractivity contribution < 1.29 is 0 Å². The molecule has 0 saturated heterocycles. The summed E-state index contributed by atoms with van der Waals surface area (Å²) < 4.78 is 0. The lowest BCUT2D eigenvalue weighted by atomic mass is 10.1. The van der Waals surface area contributed by atoms with Crippen LogP contribution in [-0.2, 0) is 0 Å². The van der Waals surface area contributed by atoms with Gasteiger partial charge < -0.3 is 10.6 Å². The standard InChI is InChI=1S/C24H22N4/c1-25-21-7-3-5-17(13-21)19-9-11-23(27-15-19)24-12-10-20(16-28-24)18-6-4-8-22(14-18)26-2/h3-16,25-26H,1-2H3. The van der Waals surface area contributed by atoms with Gasteiger partial charge in [-0.15, -0.1) is 0 Å². The first-order chi connectivity index (χ1) is 13.8. The van der Waals surface area contributed by atoms with Gasteiger partial charge in [-0.3, -0.25) is 9.97 Å². The van der Waals surface area contributed by atoms with Crippen LogP contribution < -0.4 is 10.6 Å². The van der Waals surface area contributed by atoms with Gasteiger partial charge in [0, 0.05) is 49.0 Å². The summed E-state index contributed by atoms with van der Waals surface area (Å²) in [7, 11) is 3.84. The summed E-state index contributed by atoms with van der Waals surface area (Å²) in [5, 5.41) is 6.33.